The van der Waals surface area contributed by atoms with Gasteiger partial charge in [-0.15, -0.1) is 0 Å². The van der Waals surface area contributed by atoms with Crippen molar-refractivity contribution in [3.05, 3.63) is 35.6 Å². The molecule has 0 amide bonds. The van der Waals surface area contributed by atoms with Crippen LogP contribution < -0.4 is 0 Å². The summed E-state index contributed by atoms with van der Waals surface area (Å²) < 4.78 is 12.7. The van der Waals surface area contributed by atoms with Crippen LogP contribution in [0.15, 0.2) is 24.3 Å². The van der Waals surface area contributed by atoms with Gasteiger partial charge in [0, 0.05) is 5.41 Å². The lowest BCUT2D eigenvalue weighted by Gasteiger charge is -2.12. The van der Waals surface area contributed by atoms with E-state index in [9.17, 15) is 4.39 Å². The first kappa shape index (κ1) is 9.66. The van der Waals surface area contributed by atoms with E-state index in [4.69, 9.17) is 0 Å². The molecular formula is C10H9Br2F. The lowest BCUT2D eigenvalue weighted by Crippen LogP contribution is -2.08. The fraction of sp³-hybridized carbons (Fsp3) is 0.400. The summed E-state index contributed by atoms with van der Waals surface area (Å²) in [7, 11) is 0. The van der Waals surface area contributed by atoms with Gasteiger partial charge in [-0.1, -0.05) is 50.9 Å². The van der Waals surface area contributed by atoms with Crippen LogP contribution in [0.3, 0.4) is 0 Å². The molecule has 13 heavy (non-hydrogen) atoms. The van der Waals surface area contributed by atoms with Crippen molar-refractivity contribution in [2.75, 3.05) is 0 Å². The molecular weight excluding hydrogens is 299 g/mol. The average molecular weight is 308 g/mol. The van der Waals surface area contributed by atoms with Gasteiger partial charge in [0.15, 0.2) is 0 Å². The van der Waals surface area contributed by atoms with Crippen LogP contribution in [-0.4, -0.2) is 3.23 Å². The molecule has 0 radical (unpaired) electrons. The number of benzene rings is 1. The van der Waals surface area contributed by atoms with Crippen molar-refractivity contribution in [2.45, 2.75) is 22.0 Å². The molecule has 0 heterocycles. The van der Waals surface area contributed by atoms with Crippen LogP contribution in [0.2, 0.25) is 0 Å². The second-order valence-corrected chi connectivity index (χ2v) is 7.49. The molecule has 0 aromatic heterocycles. The molecule has 1 fully saturated rings. The molecule has 70 valence electrons. The number of hydrogen-bond donors (Lipinski definition) is 0. The molecule has 1 aromatic rings. The minimum Gasteiger partial charge on any atom is -0.207 e. The first-order chi connectivity index (χ1) is 5.96. The normalized spacial score (nSPS) is 30.2. The van der Waals surface area contributed by atoms with E-state index >= 15 is 0 Å². The molecule has 0 spiro atoms. The third-order valence-corrected chi connectivity index (χ3v) is 5.05. The van der Waals surface area contributed by atoms with Gasteiger partial charge in [0.05, 0.1) is 3.23 Å². The number of hydrogen-bond acceptors (Lipinski definition) is 0. The van der Waals surface area contributed by atoms with Gasteiger partial charge in [0.2, 0.25) is 0 Å². The molecule has 1 aromatic carbocycles. The third kappa shape index (κ3) is 1.46. The lowest BCUT2D eigenvalue weighted by molar-refractivity contribution is 0.625. The van der Waals surface area contributed by atoms with Crippen LogP contribution in [0.25, 0.3) is 0 Å². The van der Waals surface area contributed by atoms with E-state index in [2.05, 4.69) is 38.8 Å². The Morgan fingerprint density at radius 3 is 2.08 bits per heavy atom. The zero-order chi connectivity index (χ0) is 9.69. The van der Waals surface area contributed by atoms with E-state index in [0.29, 0.717) is 0 Å². The molecule has 0 saturated heterocycles. The maximum atomic E-state index is 12.7. The second kappa shape index (κ2) is 2.80. The van der Waals surface area contributed by atoms with E-state index in [1.54, 1.807) is 0 Å². The number of halogens is 3. The smallest absolute Gasteiger partial charge is 0.123 e. The Balaban J connectivity index is 2.34. The van der Waals surface area contributed by atoms with Crippen LogP contribution in [0, 0.1) is 5.82 Å². The largest absolute Gasteiger partial charge is 0.207 e. The fourth-order valence-electron chi connectivity index (χ4n) is 1.53. The molecule has 0 nitrogen and oxygen atoms in total. The third-order valence-electron chi connectivity index (χ3n) is 2.74. The number of alkyl halides is 2. The summed E-state index contributed by atoms with van der Waals surface area (Å²) in [5, 5.41) is 0. The Labute approximate surface area is 93.8 Å². The van der Waals surface area contributed by atoms with Crippen molar-refractivity contribution in [1.82, 2.24) is 0 Å². The molecule has 3 heteroatoms. The van der Waals surface area contributed by atoms with E-state index in [-0.39, 0.29) is 14.5 Å². The van der Waals surface area contributed by atoms with Crippen LogP contribution >= 0.6 is 31.9 Å². The van der Waals surface area contributed by atoms with Crippen LogP contribution in [0.4, 0.5) is 4.39 Å². The maximum Gasteiger partial charge on any atom is 0.123 e. The van der Waals surface area contributed by atoms with E-state index in [1.165, 1.54) is 17.7 Å². The Kier molecular flexibility index (Phi) is 2.08. The highest BCUT2D eigenvalue weighted by molar-refractivity contribution is 9.25. The fourth-order valence-corrected chi connectivity index (χ4v) is 3.11. The molecule has 1 aliphatic rings. The van der Waals surface area contributed by atoms with E-state index < -0.39 is 0 Å². The molecule has 2 rings (SSSR count). The highest BCUT2D eigenvalue weighted by Crippen LogP contribution is 2.66. The summed E-state index contributed by atoms with van der Waals surface area (Å²) in [6.07, 6.45) is 1.03. The molecule has 0 aliphatic heterocycles. The Morgan fingerprint density at radius 1 is 1.23 bits per heavy atom. The first-order valence-electron chi connectivity index (χ1n) is 4.10. The molecule has 1 saturated carbocycles. The van der Waals surface area contributed by atoms with Gasteiger partial charge >= 0.3 is 0 Å². The summed E-state index contributed by atoms with van der Waals surface area (Å²) in [6.45, 7) is 2.16. The zero-order valence-corrected chi connectivity index (χ0v) is 10.3. The molecule has 0 N–H and O–H groups in total. The first-order valence-corrected chi connectivity index (χ1v) is 5.68. The van der Waals surface area contributed by atoms with Gasteiger partial charge in [-0.25, -0.2) is 4.39 Å². The van der Waals surface area contributed by atoms with Gasteiger partial charge in [-0.3, -0.25) is 0 Å². The Morgan fingerprint density at radius 2 is 1.69 bits per heavy atom. The minimum atomic E-state index is -0.178. The topological polar surface area (TPSA) is 0 Å². The summed E-state index contributed by atoms with van der Waals surface area (Å²) in [5.41, 5.74) is 1.27. The minimum absolute atomic E-state index is 0.00479. The van der Waals surface area contributed by atoms with E-state index in [0.717, 1.165) is 6.42 Å². The van der Waals surface area contributed by atoms with Gasteiger partial charge in [-0.2, -0.15) is 0 Å². The number of rotatable bonds is 1. The standard InChI is InChI=1S/C10H9Br2F/c1-9(6-10(9,11)12)7-2-4-8(13)5-3-7/h2-5H,6H2,1H3. The predicted molar refractivity (Wildman–Crippen MR) is 59.0 cm³/mol. The molecule has 1 atom stereocenters. The summed E-state index contributed by atoms with van der Waals surface area (Å²) in [4.78, 5) is 0. The van der Waals surface area contributed by atoms with Crippen LogP contribution in [0.5, 0.6) is 0 Å². The monoisotopic (exact) mass is 306 g/mol. The van der Waals surface area contributed by atoms with Crippen molar-refractivity contribution in [3.8, 4) is 0 Å². The molecule has 1 aliphatic carbocycles. The van der Waals surface area contributed by atoms with Gasteiger partial charge in [0.1, 0.15) is 5.82 Å². The van der Waals surface area contributed by atoms with Crippen LogP contribution in [-0.2, 0) is 5.41 Å². The quantitative estimate of drug-likeness (QED) is 0.689. The Bertz CT molecular complexity index is 331. The second-order valence-electron chi connectivity index (χ2n) is 3.72. The van der Waals surface area contributed by atoms with Crippen molar-refractivity contribution in [1.29, 1.82) is 0 Å². The zero-order valence-electron chi connectivity index (χ0n) is 7.15. The summed E-state index contributed by atoms with van der Waals surface area (Å²) >= 11 is 7.17. The average Bonchev–Trinajstić information content (AvgIpc) is 2.53. The molecule has 0 bridgehead atoms. The highest BCUT2D eigenvalue weighted by Gasteiger charge is 2.62. The van der Waals surface area contributed by atoms with E-state index in [1.807, 2.05) is 12.1 Å². The van der Waals surface area contributed by atoms with Crippen molar-refractivity contribution < 1.29 is 4.39 Å². The van der Waals surface area contributed by atoms with Crippen LogP contribution in [0.1, 0.15) is 18.9 Å². The SMILES string of the molecule is CC1(c2ccc(F)cc2)CC1(Br)Br. The lowest BCUT2D eigenvalue weighted by atomic mass is 9.99. The van der Waals surface area contributed by atoms with Crippen molar-refractivity contribution >= 4 is 31.9 Å². The van der Waals surface area contributed by atoms with Gasteiger partial charge in [-0.05, 0) is 24.1 Å². The Hall–Kier alpha value is 0.110. The summed E-state index contributed by atoms with van der Waals surface area (Å²) in [5.74, 6) is -0.178. The van der Waals surface area contributed by atoms with Gasteiger partial charge < -0.3 is 0 Å². The maximum absolute atomic E-state index is 12.7. The molecule has 1 unspecified atom stereocenters. The van der Waals surface area contributed by atoms with Crippen molar-refractivity contribution in [2.24, 2.45) is 0 Å². The summed E-state index contributed by atoms with van der Waals surface area (Å²) in [6, 6.07) is 6.71. The van der Waals surface area contributed by atoms with Crippen molar-refractivity contribution in [3.63, 3.8) is 0 Å². The van der Waals surface area contributed by atoms with Gasteiger partial charge in [0.25, 0.3) is 0 Å². The highest BCUT2D eigenvalue weighted by atomic mass is 79.9. The predicted octanol–water partition coefficient (Wildman–Crippen LogP) is 3.97.